The van der Waals surface area contributed by atoms with Crippen molar-refractivity contribution in [2.24, 2.45) is 0 Å². The Labute approximate surface area is 166 Å². The molecule has 134 valence electrons. The van der Waals surface area contributed by atoms with Crippen molar-refractivity contribution in [1.29, 1.82) is 0 Å². The van der Waals surface area contributed by atoms with E-state index in [0.29, 0.717) is 26.9 Å². The average Bonchev–Trinajstić information content (AvgIpc) is 2.68. The van der Waals surface area contributed by atoms with Gasteiger partial charge in [0, 0.05) is 16.1 Å². The molecule has 0 saturated carbocycles. The van der Waals surface area contributed by atoms with Crippen molar-refractivity contribution in [3.63, 3.8) is 0 Å². The lowest BCUT2D eigenvalue weighted by Crippen LogP contribution is -2.09. The Kier molecular flexibility index (Phi) is 6.07. The SMILES string of the molecule is O=C(C=Cc1ccccc1OC(=O)c1ccccc1Cl)c1ccc(Cl)cc1. The minimum Gasteiger partial charge on any atom is -0.422 e. The monoisotopic (exact) mass is 396 g/mol. The summed E-state index contributed by atoms with van der Waals surface area (Å²) >= 11 is 11.9. The summed E-state index contributed by atoms with van der Waals surface area (Å²) in [5.74, 6) is -0.410. The van der Waals surface area contributed by atoms with Gasteiger partial charge in [-0.1, -0.05) is 53.5 Å². The molecule has 0 unspecified atom stereocenters. The number of para-hydroxylation sites is 1. The molecule has 0 saturated heterocycles. The van der Waals surface area contributed by atoms with Crippen LogP contribution in [0.1, 0.15) is 26.3 Å². The average molecular weight is 397 g/mol. The van der Waals surface area contributed by atoms with Crippen LogP contribution in [0, 0.1) is 0 Å². The molecule has 0 fully saturated rings. The highest BCUT2D eigenvalue weighted by molar-refractivity contribution is 6.33. The van der Waals surface area contributed by atoms with Crippen molar-refractivity contribution >= 4 is 41.0 Å². The second-order valence-corrected chi connectivity index (χ2v) is 6.46. The lowest BCUT2D eigenvalue weighted by Gasteiger charge is -2.08. The largest absolute Gasteiger partial charge is 0.422 e. The zero-order valence-corrected chi connectivity index (χ0v) is 15.6. The second-order valence-electron chi connectivity index (χ2n) is 5.61. The minimum atomic E-state index is -0.564. The van der Waals surface area contributed by atoms with Crippen LogP contribution in [0.2, 0.25) is 10.0 Å². The number of carbonyl (C=O) groups excluding carboxylic acids is 2. The predicted molar refractivity (Wildman–Crippen MR) is 108 cm³/mol. The number of esters is 1. The molecule has 0 bridgehead atoms. The zero-order chi connectivity index (χ0) is 19.2. The summed E-state index contributed by atoms with van der Waals surface area (Å²) in [5, 5.41) is 0.876. The Morgan fingerprint density at radius 1 is 0.815 bits per heavy atom. The first-order valence-electron chi connectivity index (χ1n) is 8.08. The van der Waals surface area contributed by atoms with Crippen molar-refractivity contribution in [2.45, 2.75) is 0 Å². The molecule has 0 atom stereocenters. The summed E-state index contributed by atoms with van der Waals surface area (Å²) in [6.07, 6.45) is 3.03. The van der Waals surface area contributed by atoms with E-state index in [9.17, 15) is 9.59 Å². The maximum atomic E-state index is 12.4. The topological polar surface area (TPSA) is 43.4 Å². The van der Waals surface area contributed by atoms with Gasteiger partial charge in [-0.2, -0.15) is 0 Å². The predicted octanol–water partition coefficient (Wildman–Crippen LogP) is 6.11. The molecule has 0 heterocycles. The van der Waals surface area contributed by atoms with E-state index in [1.807, 2.05) is 0 Å². The molecule has 3 rings (SSSR count). The van der Waals surface area contributed by atoms with Crippen LogP contribution in [-0.2, 0) is 0 Å². The molecule has 5 heteroatoms. The smallest absolute Gasteiger partial charge is 0.345 e. The molecule has 0 radical (unpaired) electrons. The molecule has 0 spiro atoms. The minimum absolute atomic E-state index is 0.182. The first-order chi connectivity index (χ1) is 13.0. The third-order valence-corrected chi connectivity index (χ3v) is 4.34. The summed E-state index contributed by atoms with van der Waals surface area (Å²) in [6, 6.07) is 20.2. The molecule has 0 N–H and O–H groups in total. The molecular formula is C22H14Cl2O3. The van der Waals surface area contributed by atoms with Gasteiger partial charge in [-0.3, -0.25) is 4.79 Å². The summed E-state index contributed by atoms with van der Waals surface area (Å²) in [5.41, 5.74) is 1.39. The Morgan fingerprint density at radius 2 is 1.48 bits per heavy atom. The van der Waals surface area contributed by atoms with Crippen LogP contribution in [0.4, 0.5) is 0 Å². The van der Waals surface area contributed by atoms with Crippen LogP contribution in [0.3, 0.4) is 0 Å². The Morgan fingerprint density at radius 3 is 2.22 bits per heavy atom. The Bertz CT molecular complexity index is 1010. The second kappa shape index (κ2) is 8.67. The lowest BCUT2D eigenvalue weighted by atomic mass is 10.1. The van der Waals surface area contributed by atoms with Crippen molar-refractivity contribution in [2.75, 3.05) is 0 Å². The van der Waals surface area contributed by atoms with Crippen LogP contribution in [0.5, 0.6) is 5.75 Å². The fraction of sp³-hybridized carbons (Fsp3) is 0. The highest BCUT2D eigenvalue weighted by atomic mass is 35.5. The number of carbonyl (C=O) groups is 2. The lowest BCUT2D eigenvalue weighted by molar-refractivity contribution is 0.0734. The normalized spacial score (nSPS) is 10.7. The third kappa shape index (κ3) is 4.85. The maximum absolute atomic E-state index is 12.4. The molecule has 3 aromatic carbocycles. The number of benzene rings is 3. The van der Waals surface area contributed by atoms with Gasteiger partial charge >= 0.3 is 5.97 Å². The molecule has 0 aliphatic rings. The standard InChI is InChI=1S/C22H14Cl2O3/c23-17-12-9-15(10-13-17)20(25)14-11-16-5-1-4-8-21(16)27-22(26)18-6-2-3-7-19(18)24/h1-14H. The van der Waals surface area contributed by atoms with Crippen molar-refractivity contribution < 1.29 is 14.3 Å². The van der Waals surface area contributed by atoms with Gasteiger partial charge in [0.15, 0.2) is 5.78 Å². The number of ketones is 1. The van der Waals surface area contributed by atoms with Crippen LogP contribution >= 0.6 is 23.2 Å². The summed E-state index contributed by atoms with van der Waals surface area (Å²) in [4.78, 5) is 24.6. The zero-order valence-electron chi connectivity index (χ0n) is 14.1. The quantitative estimate of drug-likeness (QED) is 0.226. The summed E-state index contributed by atoms with van der Waals surface area (Å²) < 4.78 is 5.46. The molecule has 0 aliphatic heterocycles. The van der Waals surface area contributed by atoms with E-state index in [4.69, 9.17) is 27.9 Å². The van der Waals surface area contributed by atoms with Crippen molar-refractivity contribution in [3.8, 4) is 5.75 Å². The number of halogens is 2. The van der Waals surface area contributed by atoms with Gasteiger partial charge in [0.1, 0.15) is 5.75 Å². The molecule has 3 aromatic rings. The number of hydrogen-bond acceptors (Lipinski definition) is 3. The van der Waals surface area contributed by atoms with Gasteiger partial charge in [-0.15, -0.1) is 0 Å². The number of allylic oxidation sites excluding steroid dienone is 1. The Balaban J connectivity index is 1.80. The van der Waals surface area contributed by atoms with E-state index in [0.717, 1.165) is 0 Å². The molecule has 0 aliphatic carbocycles. The van der Waals surface area contributed by atoms with Crippen LogP contribution in [-0.4, -0.2) is 11.8 Å². The molecule has 27 heavy (non-hydrogen) atoms. The molecular weight excluding hydrogens is 383 g/mol. The fourth-order valence-electron chi connectivity index (χ4n) is 2.37. The van der Waals surface area contributed by atoms with Gasteiger partial charge < -0.3 is 4.74 Å². The number of rotatable bonds is 5. The van der Waals surface area contributed by atoms with E-state index in [-0.39, 0.29) is 11.3 Å². The van der Waals surface area contributed by atoms with Gasteiger partial charge in [0.2, 0.25) is 0 Å². The van der Waals surface area contributed by atoms with Gasteiger partial charge in [0.25, 0.3) is 0 Å². The molecule has 0 aromatic heterocycles. The fourth-order valence-corrected chi connectivity index (χ4v) is 2.71. The first-order valence-corrected chi connectivity index (χ1v) is 8.84. The van der Waals surface area contributed by atoms with Gasteiger partial charge in [-0.25, -0.2) is 4.79 Å². The van der Waals surface area contributed by atoms with E-state index >= 15 is 0 Å². The van der Waals surface area contributed by atoms with Crippen molar-refractivity contribution in [1.82, 2.24) is 0 Å². The maximum Gasteiger partial charge on any atom is 0.345 e. The van der Waals surface area contributed by atoms with Gasteiger partial charge in [0.05, 0.1) is 10.6 Å². The molecule has 3 nitrogen and oxygen atoms in total. The van der Waals surface area contributed by atoms with Crippen molar-refractivity contribution in [3.05, 3.63) is 106 Å². The highest BCUT2D eigenvalue weighted by Gasteiger charge is 2.13. The number of ether oxygens (including phenoxy) is 1. The molecule has 0 amide bonds. The van der Waals surface area contributed by atoms with Crippen LogP contribution < -0.4 is 4.74 Å². The van der Waals surface area contributed by atoms with E-state index in [1.54, 1.807) is 78.9 Å². The van der Waals surface area contributed by atoms with E-state index < -0.39 is 5.97 Å². The third-order valence-electron chi connectivity index (χ3n) is 3.76. The van der Waals surface area contributed by atoms with Crippen LogP contribution in [0.15, 0.2) is 78.9 Å². The van der Waals surface area contributed by atoms with Crippen LogP contribution in [0.25, 0.3) is 6.08 Å². The summed E-state index contributed by atoms with van der Waals surface area (Å²) in [6.45, 7) is 0. The van der Waals surface area contributed by atoms with E-state index in [2.05, 4.69) is 0 Å². The van der Waals surface area contributed by atoms with E-state index in [1.165, 1.54) is 6.08 Å². The Hall–Kier alpha value is -2.88. The highest BCUT2D eigenvalue weighted by Crippen LogP contribution is 2.23. The first kappa shape index (κ1) is 18.9. The number of hydrogen-bond donors (Lipinski definition) is 0. The summed E-state index contributed by atoms with van der Waals surface area (Å²) in [7, 11) is 0. The van der Waals surface area contributed by atoms with Gasteiger partial charge in [-0.05, 0) is 54.6 Å².